The fourth-order valence-corrected chi connectivity index (χ4v) is 4.87. The second-order valence-electron chi connectivity index (χ2n) is 9.13. The minimum absolute atomic E-state index is 0.0777. The van der Waals surface area contributed by atoms with Crippen molar-refractivity contribution < 1.29 is 24.0 Å². The number of benzene rings is 4. The Morgan fingerprint density at radius 3 is 1.32 bits per heavy atom. The van der Waals surface area contributed by atoms with Gasteiger partial charge in [-0.15, -0.1) is 12.8 Å². The van der Waals surface area contributed by atoms with Gasteiger partial charge in [-0.05, 0) is 60.7 Å². The quantitative estimate of drug-likeness (QED) is 0.225. The van der Waals surface area contributed by atoms with E-state index in [1.165, 1.54) is 36.4 Å². The summed E-state index contributed by atoms with van der Waals surface area (Å²) in [5.74, 6) is 2.26. The van der Waals surface area contributed by atoms with Gasteiger partial charge in [0.15, 0.2) is 5.78 Å². The molecule has 6 rings (SSSR count). The lowest BCUT2D eigenvalue weighted by Gasteiger charge is -2.14. The molecule has 0 unspecified atom stereocenters. The first-order valence-electron chi connectivity index (χ1n) is 12.1. The number of ketones is 1. The highest BCUT2D eigenvalue weighted by molar-refractivity contribution is 6.36. The third-order valence-corrected chi connectivity index (χ3v) is 6.84. The zero-order valence-electron chi connectivity index (χ0n) is 20.7. The molecule has 0 bridgehead atoms. The van der Waals surface area contributed by atoms with Crippen molar-refractivity contribution in [3.05, 3.63) is 129 Å². The molecular weight excluding hydrogens is 504 g/mol. The molecule has 4 amide bonds. The Morgan fingerprint density at radius 2 is 0.925 bits per heavy atom. The van der Waals surface area contributed by atoms with E-state index in [1.54, 1.807) is 48.5 Å². The first-order valence-corrected chi connectivity index (χ1v) is 12.1. The molecule has 7 nitrogen and oxygen atoms in total. The number of amides is 4. The molecule has 2 aliphatic heterocycles. The smallest absolute Gasteiger partial charge is 0.266 e. The lowest BCUT2D eigenvalue weighted by atomic mass is 9.96. The summed E-state index contributed by atoms with van der Waals surface area (Å²) in [6.45, 7) is 0. The fraction of sp³-hybridized carbons (Fsp3) is 0. The molecule has 0 saturated heterocycles. The molecule has 0 atom stereocenters. The lowest BCUT2D eigenvalue weighted by Crippen LogP contribution is -2.29. The van der Waals surface area contributed by atoms with Crippen molar-refractivity contribution in [1.29, 1.82) is 0 Å². The van der Waals surface area contributed by atoms with Crippen molar-refractivity contribution in [3.63, 3.8) is 0 Å². The van der Waals surface area contributed by atoms with Crippen molar-refractivity contribution in [2.45, 2.75) is 0 Å². The van der Waals surface area contributed by atoms with Gasteiger partial charge in [-0.25, -0.2) is 9.80 Å². The summed E-state index contributed by atoms with van der Waals surface area (Å²) in [4.78, 5) is 67.9. The van der Waals surface area contributed by atoms with Crippen molar-refractivity contribution in [1.82, 2.24) is 0 Å². The number of hydrogen-bond donors (Lipinski definition) is 0. The van der Waals surface area contributed by atoms with Crippen LogP contribution in [0.5, 0.6) is 0 Å². The average Bonchev–Trinajstić information content (AvgIpc) is 3.39. The number of carbonyl (C=O) groups is 5. The van der Waals surface area contributed by atoms with Crippen LogP contribution in [0.1, 0.15) is 68.5 Å². The van der Waals surface area contributed by atoms with Crippen LogP contribution in [0.4, 0.5) is 11.4 Å². The van der Waals surface area contributed by atoms with Crippen molar-refractivity contribution in [3.8, 4) is 24.7 Å². The zero-order chi connectivity index (χ0) is 28.1. The van der Waals surface area contributed by atoms with E-state index < -0.39 is 29.4 Å². The number of imide groups is 2. The summed E-state index contributed by atoms with van der Waals surface area (Å²) in [5, 5.41) is 0. The summed E-state index contributed by atoms with van der Waals surface area (Å²) in [6.07, 6.45) is 10.9. The van der Waals surface area contributed by atoms with Gasteiger partial charge in [0.2, 0.25) is 0 Å². The average molecular weight is 521 g/mol. The summed E-state index contributed by atoms with van der Waals surface area (Å²) in [6, 6.07) is 21.5. The van der Waals surface area contributed by atoms with Crippen molar-refractivity contribution in [2.24, 2.45) is 0 Å². The molecule has 4 aromatic carbocycles. The molecule has 2 heterocycles. The summed E-state index contributed by atoms with van der Waals surface area (Å²) >= 11 is 0. The Balaban J connectivity index is 1.32. The van der Waals surface area contributed by atoms with Gasteiger partial charge in [-0.3, -0.25) is 24.0 Å². The van der Waals surface area contributed by atoms with Crippen molar-refractivity contribution in [2.75, 3.05) is 9.80 Å². The van der Waals surface area contributed by atoms with Crippen LogP contribution in [-0.2, 0) is 0 Å². The first kappa shape index (κ1) is 24.3. The maximum absolute atomic E-state index is 13.4. The normalized spacial score (nSPS) is 13.7. The minimum atomic E-state index is -0.580. The Morgan fingerprint density at radius 1 is 0.525 bits per heavy atom. The largest absolute Gasteiger partial charge is 0.289 e. The molecule has 0 aliphatic carbocycles. The zero-order valence-corrected chi connectivity index (χ0v) is 20.7. The molecule has 188 valence electrons. The minimum Gasteiger partial charge on any atom is -0.289 e. The van der Waals surface area contributed by atoms with Crippen LogP contribution in [-0.4, -0.2) is 29.4 Å². The topological polar surface area (TPSA) is 91.8 Å². The molecule has 7 heteroatoms. The lowest BCUT2D eigenvalue weighted by molar-refractivity contribution is 0.0910. The molecule has 0 aromatic heterocycles. The monoisotopic (exact) mass is 520 g/mol. The van der Waals surface area contributed by atoms with E-state index in [0.29, 0.717) is 22.5 Å². The van der Waals surface area contributed by atoms with Gasteiger partial charge in [0.1, 0.15) is 0 Å². The van der Waals surface area contributed by atoms with Gasteiger partial charge in [0, 0.05) is 22.3 Å². The molecule has 40 heavy (non-hydrogen) atoms. The van der Waals surface area contributed by atoms with Crippen LogP contribution >= 0.6 is 0 Å². The van der Waals surface area contributed by atoms with E-state index in [4.69, 9.17) is 12.8 Å². The van der Waals surface area contributed by atoms with Gasteiger partial charge in [0.05, 0.1) is 33.6 Å². The summed E-state index contributed by atoms with van der Waals surface area (Å²) < 4.78 is 0. The Kier molecular flexibility index (Phi) is 5.50. The van der Waals surface area contributed by atoms with Crippen LogP contribution in [0.25, 0.3) is 0 Å². The van der Waals surface area contributed by atoms with Gasteiger partial charge in [0.25, 0.3) is 23.6 Å². The molecule has 0 fully saturated rings. The van der Waals surface area contributed by atoms with Crippen LogP contribution < -0.4 is 9.80 Å². The molecule has 0 radical (unpaired) electrons. The van der Waals surface area contributed by atoms with E-state index in [0.717, 1.165) is 9.80 Å². The van der Waals surface area contributed by atoms with Gasteiger partial charge < -0.3 is 0 Å². The number of hydrogen-bond acceptors (Lipinski definition) is 5. The number of nitrogens with zero attached hydrogens (tertiary/aromatic N) is 2. The van der Waals surface area contributed by atoms with E-state index in [2.05, 4.69) is 11.8 Å². The Hall–Kier alpha value is -6.05. The van der Waals surface area contributed by atoms with Gasteiger partial charge in [-0.1, -0.05) is 36.1 Å². The third-order valence-electron chi connectivity index (χ3n) is 6.84. The highest BCUT2D eigenvalue weighted by Gasteiger charge is 2.39. The van der Waals surface area contributed by atoms with Crippen LogP contribution in [0.15, 0.2) is 84.9 Å². The summed E-state index contributed by atoms with van der Waals surface area (Å²) in [5.41, 5.74) is 2.45. The second-order valence-corrected chi connectivity index (χ2v) is 9.13. The predicted molar refractivity (Wildman–Crippen MR) is 147 cm³/mol. The molecule has 2 aliphatic rings. The number of carbonyl (C=O) groups excluding carboxylic acids is 5. The fourth-order valence-electron chi connectivity index (χ4n) is 4.87. The second kappa shape index (κ2) is 9.05. The Labute approximate surface area is 228 Å². The number of rotatable bonds is 4. The molecule has 0 N–H and O–H groups in total. The maximum atomic E-state index is 13.4. The van der Waals surface area contributed by atoms with E-state index >= 15 is 0 Å². The molecule has 0 saturated carbocycles. The van der Waals surface area contributed by atoms with Gasteiger partial charge in [-0.2, -0.15) is 0 Å². The highest BCUT2D eigenvalue weighted by Crippen LogP contribution is 2.32. The molecular formula is C33H16N2O5. The Bertz CT molecular complexity index is 1800. The third kappa shape index (κ3) is 3.62. The van der Waals surface area contributed by atoms with Crippen LogP contribution in [0.2, 0.25) is 0 Å². The van der Waals surface area contributed by atoms with Gasteiger partial charge >= 0.3 is 0 Å². The predicted octanol–water partition coefficient (Wildman–Crippen LogP) is 4.48. The number of fused-ring (bicyclic) bond motifs is 2. The summed E-state index contributed by atoms with van der Waals surface area (Å²) in [7, 11) is 0. The van der Waals surface area contributed by atoms with Crippen LogP contribution in [0, 0.1) is 24.7 Å². The SMILES string of the molecule is C#Cc1cccc(N2C(=O)c3ccc(C(=O)c4ccc5c(c4)C(=O)N(c4cccc(C#C)c4)C5=O)cc3C2=O)c1. The van der Waals surface area contributed by atoms with E-state index in [1.807, 2.05) is 0 Å². The van der Waals surface area contributed by atoms with Crippen LogP contribution in [0.3, 0.4) is 0 Å². The standard InChI is InChI=1S/C33H16N2O5/c1-3-19-7-5-9-23(15-19)34-30(37)25-13-11-21(17-27(25)32(34)39)29(36)22-12-14-26-28(18-22)33(40)35(31(26)38)24-10-6-8-20(4-2)16-24/h1-2,5-18H. The molecule has 0 spiro atoms. The van der Waals surface area contributed by atoms with Crippen molar-refractivity contribution >= 4 is 40.8 Å². The number of anilines is 2. The molecule has 4 aromatic rings. The first-order chi connectivity index (χ1) is 19.3. The maximum Gasteiger partial charge on any atom is 0.266 e. The number of terminal acetylenes is 2. The van der Waals surface area contributed by atoms with E-state index in [9.17, 15) is 24.0 Å². The van der Waals surface area contributed by atoms with E-state index in [-0.39, 0.29) is 33.4 Å². The highest BCUT2D eigenvalue weighted by atomic mass is 16.2.